The first-order chi connectivity index (χ1) is 28.3. The van der Waals surface area contributed by atoms with E-state index in [0.29, 0.717) is 58.5 Å². The minimum absolute atomic E-state index is 0.115. The molecule has 312 valence electrons. The van der Waals surface area contributed by atoms with Crippen molar-refractivity contribution in [3.63, 3.8) is 0 Å². The van der Waals surface area contributed by atoms with Crippen LogP contribution in [0.2, 0.25) is 0 Å². The number of hydrogen-bond acceptors (Lipinski definition) is 8. The van der Waals surface area contributed by atoms with E-state index in [-0.39, 0.29) is 11.2 Å². The van der Waals surface area contributed by atoms with Gasteiger partial charge in [-0.1, -0.05) is 63.9 Å². The summed E-state index contributed by atoms with van der Waals surface area (Å²) in [5, 5.41) is 7.52. The molecule has 4 aromatic carbocycles. The molecule has 0 saturated carbocycles. The van der Waals surface area contributed by atoms with Crippen LogP contribution in [0.4, 0.5) is 21.9 Å². The summed E-state index contributed by atoms with van der Waals surface area (Å²) in [5.74, 6) is 3.07. The quantitative estimate of drug-likeness (QED) is 0.0663. The first-order valence-electron chi connectivity index (χ1n) is 20.2. The third kappa shape index (κ3) is 11.4. The van der Waals surface area contributed by atoms with E-state index in [2.05, 4.69) is 53.1 Å². The number of likely N-dealkylation sites (tertiary alicyclic amines) is 1. The number of piperidine rings is 1. The third-order valence-corrected chi connectivity index (χ3v) is 11.4. The highest BCUT2D eigenvalue weighted by atomic mass is 32.2. The van der Waals surface area contributed by atoms with E-state index in [1.54, 1.807) is 19.4 Å². The van der Waals surface area contributed by atoms with Gasteiger partial charge in [-0.25, -0.2) is 9.00 Å². The van der Waals surface area contributed by atoms with E-state index >= 15 is 0 Å². The van der Waals surface area contributed by atoms with Crippen LogP contribution in [0.3, 0.4) is 0 Å². The molecule has 3 N–H and O–H groups in total. The summed E-state index contributed by atoms with van der Waals surface area (Å²) in [6, 6.07) is 24.1. The van der Waals surface area contributed by atoms with Gasteiger partial charge in [-0.15, -0.1) is 0 Å². The Labute approximate surface area is 350 Å². The number of aromatic nitrogens is 1. The molecule has 0 spiro atoms. The van der Waals surface area contributed by atoms with Gasteiger partial charge >= 0.3 is 6.03 Å². The normalized spacial score (nSPS) is 14.1. The largest absolute Gasteiger partial charge is 0.496 e. The summed E-state index contributed by atoms with van der Waals surface area (Å²) in [5.41, 5.74) is 4.61. The summed E-state index contributed by atoms with van der Waals surface area (Å²) < 4.78 is 32.8. The lowest BCUT2D eigenvalue weighted by molar-refractivity contribution is 0.0975. The molecule has 1 fully saturated rings. The van der Waals surface area contributed by atoms with Crippen molar-refractivity contribution in [1.29, 1.82) is 0 Å². The number of pyridine rings is 1. The molecular weight excluding hydrogens is 763 g/mol. The molecule has 1 atom stereocenters. The number of nitrogens with one attached hydrogen (secondary N) is 3. The van der Waals surface area contributed by atoms with Crippen LogP contribution in [0.1, 0.15) is 86.5 Å². The monoisotopic (exact) mass is 819 g/mol. The van der Waals surface area contributed by atoms with E-state index in [0.717, 1.165) is 46.4 Å². The number of urea groups is 1. The second-order valence-corrected chi connectivity index (χ2v) is 17.5. The maximum absolute atomic E-state index is 13.5. The minimum atomic E-state index is -1.36. The molecule has 12 heteroatoms. The number of unbranched alkanes of at least 4 members (excludes halogenated alkanes) is 1. The van der Waals surface area contributed by atoms with Crippen LogP contribution in [0, 0.1) is 5.92 Å². The van der Waals surface area contributed by atoms with Crippen LogP contribution < -0.4 is 29.6 Å². The zero-order valence-electron chi connectivity index (χ0n) is 35.3. The van der Waals surface area contributed by atoms with Crippen LogP contribution in [0.25, 0.3) is 10.8 Å². The lowest BCUT2D eigenvalue weighted by Gasteiger charge is -2.28. The molecule has 1 aliphatic rings. The van der Waals surface area contributed by atoms with Crippen molar-refractivity contribution in [2.45, 2.75) is 71.1 Å². The number of ketones is 1. The first-order valence-corrected chi connectivity index (χ1v) is 21.8. The number of fused-ring (bicyclic) bond motifs is 1. The Balaban J connectivity index is 1.12. The fourth-order valence-electron chi connectivity index (χ4n) is 7.58. The molecule has 2 heterocycles. The highest BCUT2D eigenvalue weighted by Crippen LogP contribution is 2.40. The molecule has 1 saturated heterocycles. The van der Waals surface area contributed by atoms with Crippen molar-refractivity contribution >= 4 is 50.6 Å². The van der Waals surface area contributed by atoms with Crippen LogP contribution in [0.5, 0.6) is 23.0 Å². The number of carbonyl (C=O) groups is 2. The zero-order valence-corrected chi connectivity index (χ0v) is 36.1. The summed E-state index contributed by atoms with van der Waals surface area (Å²) in [7, 11) is 3.94. The number of methoxy groups -OCH3 is 2. The van der Waals surface area contributed by atoms with E-state index in [4.69, 9.17) is 14.2 Å². The fourth-order valence-corrected chi connectivity index (χ4v) is 8.04. The Bertz CT molecular complexity index is 2300. The topological polar surface area (TPSA) is 131 Å². The molecule has 1 aliphatic heterocycles. The number of benzene rings is 4. The lowest BCUT2D eigenvalue weighted by atomic mass is 9.86. The Kier molecular flexibility index (Phi) is 14.3. The molecular formula is C47H57N5O6S. The van der Waals surface area contributed by atoms with Crippen LogP contribution in [0.15, 0.2) is 85.1 Å². The number of ether oxygens (including phenoxy) is 3. The van der Waals surface area contributed by atoms with Gasteiger partial charge in [0.05, 0.1) is 36.8 Å². The summed E-state index contributed by atoms with van der Waals surface area (Å²) in [6.45, 7) is 8.53. The summed E-state index contributed by atoms with van der Waals surface area (Å²) in [4.78, 5) is 33.7. The molecule has 1 unspecified atom stereocenters. The molecule has 6 rings (SSSR count). The third-order valence-electron chi connectivity index (χ3n) is 10.9. The second kappa shape index (κ2) is 19.5. The predicted molar refractivity (Wildman–Crippen MR) is 239 cm³/mol. The minimum Gasteiger partial charge on any atom is -0.496 e. The van der Waals surface area contributed by atoms with Crippen LogP contribution in [-0.4, -0.2) is 66.5 Å². The molecule has 1 aromatic heterocycles. The number of nitrogens with zero attached hydrogens (tertiary/aromatic N) is 2. The SMILES string of the molecule is COc1cc(Cc2cc(Oc3ccc(NC(=O)Nc4cc(C(C)(C)C)cc(NS(C)=O)c4OC)c4ccccc34)ccn2)ccc1C(=O)CCCCC1CCN(C)CC1. The number of hydrogen-bond donors (Lipinski definition) is 3. The summed E-state index contributed by atoms with van der Waals surface area (Å²) in [6.07, 6.45) is 9.97. The highest BCUT2D eigenvalue weighted by Gasteiger charge is 2.22. The Morgan fingerprint density at radius 2 is 1.58 bits per heavy atom. The van der Waals surface area contributed by atoms with Gasteiger partial charge in [-0.2, -0.15) is 0 Å². The van der Waals surface area contributed by atoms with E-state index < -0.39 is 17.0 Å². The Morgan fingerprint density at radius 1 is 0.847 bits per heavy atom. The first kappa shape index (κ1) is 43.1. The molecule has 0 aliphatic carbocycles. The molecule has 5 aromatic rings. The van der Waals surface area contributed by atoms with E-state index in [1.165, 1.54) is 45.7 Å². The highest BCUT2D eigenvalue weighted by molar-refractivity contribution is 7.85. The van der Waals surface area contributed by atoms with Gasteiger partial charge in [0, 0.05) is 47.8 Å². The number of anilines is 3. The molecule has 0 bridgehead atoms. The molecule has 59 heavy (non-hydrogen) atoms. The number of amides is 2. The fraction of sp³-hybridized carbons (Fsp3) is 0.383. The summed E-state index contributed by atoms with van der Waals surface area (Å²) >= 11 is 0. The van der Waals surface area contributed by atoms with Crippen LogP contribution >= 0.6 is 0 Å². The number of carbonyl (C=O) groups excluding carboxylic acids is 2. The van der Waals surface area contributed by atoms with Crippen molar-refractivity contribution in [2.75, 3.05) is 56.0 Å². The molecule has 2 amide bonds. The predicted octanol–water partition coefficient (Wildman–Crippen LogP) is 10.4. The Hall–Kier alpha value is -5.46. The standard InChI is InChI=1S/C47H57N5O6S/c1-47(2,3)33-28-40(45(57-6)41(29-33)51-59(7)55)50-46(54)49-39-18-19-43(37-14-10-9-13-36(37)39)58-35-20-23-48-34(30-35)26-32-16-17-38(44(27-32)56-5)42(53)15-11-8-12-31-21-24-52(4)25-22-31/h9-10,13-14,16-20,23,27-31,51H,8,11-12,15,21-22,24-26H2,1-7H3,(H2,49,50,54). The molecule has 0 radical (unpaired) electrons. The second-order valence-electron chi connectivity index (χ2n) is 16.4. The van der Waals surface area contributed by atoms with Gasteiger partial charge in [0.25, 0.3) is 0 Å². The van der Waals surface area contributed by atoms with E-state index in [9.17, 15) is 13.8 Å². The molecule has 11 nitrogen and oxygen atoms in total. The van der Waals surface area contributed by atoms with Crippen molar-refractivity contribution in [3.8, 4) is 23.0 Å². The van der Waals surface area contributed by atoms with Crippen molar-refractivity contribution in [1.82, 2.24) is 9.88 Å². The van der Waals surface area contributed by atoms with E-state index in [1.807, 2.05) is 72.8 Å². The average Bonchev–Trinajstić information content (AvgIpc) is 3.20. The van der Waals surface area contributed by atoms with Gasteiger partial charge in [0.2, 0.25) is 0 Å². The van der Waals surface area contributed by atoms with Gasteiger partial charge < -0.3 is 34.5 Å². The number of rotatable bonds is 16. The lowest BCUT2D eigenvalue weighted by Crippen LogP contribution is -2.30. The average molecular weight is 820 g/mol. The van der Waals surface area contributed by atoms with Gasteiger partial charge in [0.1, 0.15) is 28.2 Å². The van der Waals surface area contributed by atoms with Crippen molar-refractivity contribution in [3.05, 3.63) is 107 Å². The van der Waals surface area contributed by atoms with Crippen LogP contribution in [-0.2, 0) is 22.8 Å². The van der Waals surface area contributed by atoms with Crippen molar-refractivity contribution < 1.29 is 28.0 Å². The maximum atomic E-state index is 13.5. The Morgan fingerprint density at radius 3 is 2.29 bits per heavy atom. The smallest absolute Gasteiger partial charge is 0.323 e. The zero-order chi connectivity index (χ0) is 42.1. The van der Waals surface area contributed by atoms with Gasteiger partial charge in [-0.3, -0.25) is 9.78 Å². The maximum Gasteiger partial charge on any atom is 0.323 e. The van der Waals surface area contributed by atoms with Crippen molar-refractivity contribution in [2.24, 2.45) is 5.92 Å². The van der Waals surface area contributed by atoms with Gasteiger partial charge in [-0.05, 0) is 104 Å². The van der Waals surface area contributed by atoms with Gasteiger partial charge in [0.15, 0.2) is 11.5 Å². The number of Topliss-reactive ketones (excluding diaryl/α,β-unsaturated/α-hetero) is 1.